The molecular weight excluding hydrogens is 250 g/mol. The van der Waals surface area contributed by atoms with Crippen LogP contribution in [0.2, 0.25) is 0 Å². The maximum absolute atomic E-state index is 8.77. The zero-order valence-electron chi connectivity index (χ0n) is 13.2. The van der Waals surface area contributed by atoms with E-state index in [2.05, 4.69) is 12.2 Å². The Bertz CT molecular complexity index is 264. The Morgan fingerprint density at radius 2 is 1.85 bits per heavy atom. The second kappa shape index (κ2) is 8.35. The maximum Gasteiger partial charge on any atom is 0.0661 e. The minimum absolute atomic E-state index is 0.342. The molecule has 0 aliphatic heterocycles. The molecule has 2 fully saturated rings. The van der Waals surface area contributed by atoms with Crippen LogP contribution in [-0.2, 0) is 4.74 Å². The molecule has 2 aliphatic rings. The minimum atomic E-state index is 0.342. The van der Waals surface area contributed by atoms with Gasteiger partial charge in [0, 0.05) is 24.7 Å². The van der Waals surface area contributed by atoms with Crippen molar-refractivity contribution in [3.8, 4) is 0 Å². The lowest BCUT2D eigenvalue weighted by Gasteiger charge is -2.58. The molecule has 0 aromatic heterocycles. The highest BCUT2D eigenvalue weighted by atomic mass is 16.5. The van der Waals surface area contributed by atoms with E-state index in [9.17, 15) is 0 Å². The van der Waals surface area contributed by atoms with Crippen molar-refractivity contribution in [3.63, 3.8) is 0 Å². The highest BCUT2D eigenvalue weighted by Crippen LogP contribution is 2.53. The van der Waals surface area contributed by atoms with Gasteiger partial charge in [0.15, 0.2) is 0 Å². The third-order valence-electron chi connectivity index (χ3n) is 5.41. The first-order valence-corrected chi connectivity index (χ1v) is 8.79. The molecule has 2 aliphatic carbocycles. The van der Waals surface area contributed by atoms with Gasteiger partial charge in [-0.3, -0.25) is 0 Å². The van der Waals surface area contributed by atoms with Crippen molar-refractivity contribution in [2.24, 2.45) is 5.41 Å². The average Bonchev–Trinajstić information content (AvgIpc) is 2.49. The lowest BCUT2D eigenvalue weighted by atomic mass is 9.55. The summed E-state index contributed by atoms with van der Waals surface area (Å²) >= 11 is 0. The van der Waals surface area contributed by atoms with E-state index < -0.39 is 0 Å². The van der Waals surface area contributed by atoms with Crippen molar-refractivity contribution in [1.82, 2.24) is 5.32 Å². The lowest BCUT2D eigenvalue weighted by molar-refractivity contribution is -0.149. The summed E-state index contributed by atoms with van der Waals surface area (Å²) in [7, 11) is 0. The fourth-order valence-corrected chi connectivity index (χ4v) is 4.22. The highest BCUT2D eigenvalue weighted by Gasteiger charge is 2.55. The zero-order valence-corrected chi connectivity index (χ0v) is 13.2. The summed E-state index contributed by atoms with van der Waals surface area (Å²) in [4.78, 5) is 0. The first kappa shape index (κ1) is 16.3. The number of aliphatic hydroxyl groups is 1. The van der Waals surface area contributed by atoms with Gasteiger partial charge in [0.2, 0.25) is 0 Å². The standard InChI is InChI=1S/C17H33NO2/c1-2-20-16-14-15(17(16)10-6-5-7-11-17)18-12-8-3-4-9-13-19/h15-16,18-19H,2-14H2,1H3. The van der Waals surface area contributed by atoms with Gasteiger partial charge in [-0.1, -0.05) is 32.1 Å². The summed E-state index contributed by atoms with van der Waals surface area (Å²) in [6.45, 7) is 4.46. The normalized spacial score (nSPS) is 28.5. The van der Waals surface area contributed by atoms with Crippen molar-refractivity contribution in [2.75, 3.05) is 19.8 Å². The number of hydrogen-bond acceptors (Lipinski definition) is 3. The van der Waals surface area contributed by atoms with Crippen LogP contribution in [0.3, 0.4) is 0 Å². The van der Waals surface area contributed by atoms with Gasteiger partial charge in [-0.25, -0.2) is 0 Å². The summed E-state index contributed by atoms with van der Waals surface area (Å²) in [5.41, 5.74) is 0.458. The molecule has 20 heavy (non-hydrogen) atoms. The molecule has 1 spiro atoms. The summed E-state index contributed by atoms with van der Waals surface area (Å²) in [5, 5.41) is 12.6. The van der Waals surface area contributed by atoms with E-state index >= 15 is 0 Å². The Labute approximate surface area is 124 Å². The second-order valence-electron chi connectivity index (χ2n) is 6.62. The third kappa shape index (κ3) is 3.75. The van der Waals surface area contributed by atoms with Gasteiger partial charge in [-0.05, 0) is 45.6 Å². The highest BCUT2D eigenvalue weighted by molar-refractivity contribution is 5.08. The van der Waals surface area contributed by atoms with Gasteiger partial charge in [-0.15, -0.1) is 0 Å². The number of hydrogen-bond donors (Lipinski definition) is 2. The van der Waals surface area contributed by atoms with Crippen molar-refractivity contribution >= 4 is 0 Å². The molecule has 0 aromatic rings. The SMILES string of the molecule is CCOC1CC(NCCCCCCO)C12CCCCC2. The number of unbranched alkanes of at least 4 members (excludes halogenated alkanes) is 3. The number of nitrogens with one attached hydrogen (secondary N) is 1. The molecule has 2 rings (SSSR count). The van der Waals surface area contributed by atoms with Crippen LogP contribution in [0, 0.1) is 5.41 Å². The van der Waals surface area contributed by atoms with Gasteiger partial charge >= 0.3 is 0 Å². The molecule has 0 aromatic carbocycles. The van der Waals surface area contributed by atoms with Gasteiger partial charge in [-0.2, -0.15) is 0 Å². The smallest absolute Gasteiger partial charge is 0.0661 e. The van der Waals surface area contributed by atoms with E-state index in [1.54, 1.807) is 0 Å². The van der Waals surface area contributed by atoms with E-state index in [4.69, 9.17) is 9.84 Å². The third-order valence-corrected chi connectivity index (χ3v) is 5.41. The predicted octanol–water partition coefficient (Wildman–Crippen LogP) is 3.26. The monoisotopic (exact) mass is 283 g/mol. The molecule has 3 heteroatoms. The van der Waals surface area contributed by atoms with Crippen molar-refractivity contribution < 1.29 is 9.84 Å². The van der Waals surface area contributed by atoms with Crippen LogP contribution >= 0.6 is 0 Å². The molecule has 0 bridgehead atoms. The van der Waals surface area contributed by atoms with E-state index in [0.717, 1.165) is 26.0 Å². The predicted molar refractivity (Wildman–Crippen MR) is 82.9 cm³/mol. The first-order chi connectivity index (χ1) is 9.83. The van der Waals surface area contributed by atoms with Crippen LogP contribution in [0.5, 0.6) is 0 Å². The van der Waals surface area contributed by atoms with Crippen molar-refractivity contribution in [2.45, 2.75) is 83.3 Å². The summed E-state index contributed by atoms with van der Waals surface area (Å²) in [5.74, 6) is 0. The van der Waals surface area contributed by atoms with E-state index in [-0.39, 0.29) is 0 Å². The average molecular weight is 283 g/mol. The summed E-state index contributed by atoms with van der Waals surface area (Å²) < 4.78 is 5.99. The van der Waals surface area contributed by atoms with Gasteiger partial charge in [0.05, 0.1) is 6.10 Å². The minimum Gasteiger partial charge on any atom is -0.396 e. The molecule has 2 N–H and O–H groups in total. The Morgan fingerprint density at radius 3 is 2.55 bits per heavy atom. The van der Waals surface area contributed by atoms with Crippen LogP contribution in [0.15, 0.2) is 0 Å². The van der Waals surface area contributed by atoms with Crippen LogP contribution in [0.25, 0.3) is 0 Å². The molecule has 2 saturated carbocycles. The van der Waals surface area contributed by atoms with E-state index in [1.807, 2.05) is 0 Å². The summed E-state index contributed by atoms with van der Waals surface area (Å²) in [6.07, 6.45) is 13.2. The molecular formula is C17H33NO2. The Morgan fingerprint density at radius 1 is 1.10 bits per heavy atom. The number of rotatable bonds is 9. The van der Waals surface area contributed by atoms with Crippen LogP contribution in [0.1, 0.15) is 71.1 Å². The topological polar surface area (TPSA) is 41.5 Å². The lowest BCUT2D eigenvalue weighted by Crippen LogP contribution is -2.64. The number of ether oxygens (including phenoxy) is 1. The van der Waals surface area contributed by atoms with Crippen LogP contribution < -0.4 is 5.32 Å². The molecule has 0 radical (unpaired) electrons. The zero-order chi connectivity index (χ0) is 14.3. The fraction of sp³-hybridized carbons (Fsp3) is 1.00. The molecule has 0 amide bonds. The van der Waals surface area contributed by atoms with Crippen molar-refractivity contribution in [1.29, 1.82) is 0 Å². The van der Waals surface area contributed by atoms with Crippen LogP contribution in [-0.4, -0.2) is 37.0 Å². The molecule has 0 heterocycles. The van der Waals surface area contributed by atoms with Gasteiger partial charge < -0.3 is 15.2 Å². The second-order valence-corrected chi connectivity index (χ2v) is 6.62. The van der Waals surface area contributed by atoms with E-state index in [0.29, 0.717) is 24.2 Å². The molecule has 118 valence electrons. The Balaban J connectivity index is 1.71. The maximum atomic E-state index is 8.77. The fourth-order valence-electron chi connectivity index (χ4n) is 4.22. The largest absolute Gasteiger partial charge is 0.396 e. The summed E-state index contributed by atoms with van der Waals surface area (Å²) in [6, 6.07) is 0.692. The quantitative estimate of drug-likeness (QED) is 0.638. The van der Waals surface area contributed by atoms with Gasteiger partial charge in [0.25, 0.3) is 0 Å². The molecule has 2 atom stereocenters. The first-order valence-electron chi connectivity index (χ1n) is 8.79. The molecule has 0 saturated heterocycles. The number of aliphatic hydroxyl groups excluding tert-OH is 1. The Hall–Kier alpha value is -0.120. The van der Waals surface area contributed by atoms with Gasteiger partial charge in [0.1, 0.15) is 0 Å². The van der Waals surface area contributed by atoms with Crippen LogP contribution in [0.4, 0.5) is 0 Å². The Kier molecular flexibility index (Phi) is 6.79. The van der Waals surface area contributed by atoms with E-state index in [1.165, 1.54) is 51.4 Å². The molecule has 3 nitrogen and oxygen atoms in total. The van der Waals surface area contributed by atoms with Crippen molar-refractivity contribution in [3.05, 3.63) is 0 Å². The molecule has 2 unspecified atom stereocenters.